The summed E-state index contributed by atoms with van der Waals surface area (Å²) in [5.41, 5.74) is 2.06. The standard InChI is InChI=1S/C29H44O7S/c1-3-4-13-35-14-15-36-29(33)9-6-16-37-17-12-26-25(27(31)20-28(26)32)11-10-24(30)19-22-7-5-8-23(18-22)21-34-2/h5,7-8,10-11,18,24-27,30-31H,3-4,6,9,12-17,19-21H2,1-2H3/t24-,25-,26-,27-/m1/s1. The highest BCUT2D eigenvalue weighted by Gasteiger charge is 2.39. The molecule has 8 heteroatoms. The molecule has 0 spiro atoms. The average Bonchev–Trinajstić information content (AvgIpc) is 3.14. The molecule has 1 aromatic carbocycles. The second kappa shape index (κ2) is 18.5. The number of hydrogen-bond acceptors (Lipinski definition) is 8. The van der Waals surface area contributed by atoms with Crippen LogP contribution < -0.4 is 0 Å². The SMILES string of the molecule is CCCCOCCOC(=O)CCCSCC[C@H]1C(=O)C[C@@H](O)[C@@H]1C=C[C@@H](O)Cc1cccc(COC)c1. The van der Waals surface area contributed by atoms with Crippen molar-refractivity contribution in [1.82, 2.24) is 0 Å². The number of hydrogen-bond donors (Lipinski definition) is 2. The summed E-state index contributed by atoms with van der Waals surface area (Å²) in [5, 5.41) is 20.9. The van der Waals surface area contributed by atoms with Gasteiger partial charge in [-0.1, -0.05) is 49.8 Å². The molecule has 1 aliphatic carbocycles. The van der Waals surface area contributed by atoms with Gasteiger partial charge in [0, 0.05) is 44.8 Å². The minimum atomic E-state index is -0.711. The lowest BCUT2D eigenvalue weighted by Crippen LogP contribution is -2.20. The van der Waals surface area contributed by atoms with Crippen molar-refractivity contribution >= 4 is 23.5 Å². The Labute approximate surface area is 226 Å². The van der Waals surface area contributed by atoms with Crippen LogP contribution >= 0.6 is 11.8 Å². The fourth-order valence-corrected chi connectivity index (χ4v) is 5.41. The Hall–Kier alpha value is -1.71. The lowest BCUT2D eigenvalue weighted by atomic mass is 9.91. The van der Waals surface area contributed by atoms with Crippen LogP contribution in [-0.2, 0) is 36.8 Å². The molecule has 0 saturated heterocycles. The molecule has 4 atom stereocenters. The van der Waals surface area contributed by atoms with E-state index in [9.17, 15) is 19.8 Å². The summed E-state index contributed by atoms with van der Waals surface area (Å²) in [7, 11) is 1.65. The van der Waals surface area contributed by atoms with Gasteiger partial charge in [-0.25, -0.2) is 0 Å². The van der Waals surface area contributed by atoms with E-state index < -0.39 is 12.2 Å². The van der Waals surface area contributed by atoms with Crippen molar-refractivity contribution in [1.29, 1.82) is 0 Å². The van der Waals surface area contributed by atoms with Crippen LogP contribution in [0.15, 0.2) is 36.4 Å². The van der Waals surface area contributed by atoms with E-state index in [4.69, 9.17) is 14.2 Å². The minimum Gasteiger partial charge on any atom is -0.463 e. The molecule has 2 N–H and O–H groups in total. The number of ether oxygens (including phenoxy) is 3. The van der Waals surface area contributed by atoms with Crippen molar-refractivity contribution in [2.24, 2.45) is 11.8 Å². The van der Waals surface area contributed by atoms with Crippen molar-refractivity contribution in [3.8, 4) is 0 Å². The van der Waals surface area contributed by atoms with Gasteiger partial charge in [0.25, 0.3) is 0 Å². The molecule has 1 aromatic rings. The predicted molar refractivity (Wildman–Crippen MR) is 146 cm³/mol. The number of benzene rings is 1. The highest BCUT2D eigenvalue weighted by atomic mass is 32.2. The van der Waals surface area contributed by atoms with Crippen molar-refractivity contribution < 1.29 is 34.0 Å². The van der Waals surface area contributed by atoms with E-state index in [2.05, 4.69) is 6.92 Å². The van der Waals surface area contributed by atoms with Gasteiger partial charge in [-0.3, -0.25) is 9.59 Å². The Kier molecular flexibility index (Phi) is 15.8. The molecule has 0 unspecified atom stereocenters. The Morgan fingerprint density at radius 3 is 2.78 bits per heavy atom. The summed E-state index contributed by atoms with van der Waals surface area (Å²) in [4.78, 5) is 24.3. The maximum atomic E-state index is 12.5. The van der Waals surface area contributed by atoms with Crippen LogP contribution in [0.1, 0.15) is 56.6 Å². The lowest BCUT2D eigenvalue weighted by Gasteiger charge is -2.18. The van der Waals surface area contributed by atoms with Crippen molar-refractivity contribution in [2.45, 2.75) is 70.7 Å². The third-order valence-corrected chi connectivity index (χ3v) is 7.51. The van der Waals surface area contributed by atoms with Gasteiger partial charge in [-0.15, -0.1) is 0 Å². The Morgan fingerprint density at radius 1 is 1.19 bits per heavy atom. The molecule has 0 amide bonds. The molecule has 2 rings (SSSR count). The zero-order chi connectivity index (χ0) is 26.9. The highest BCUT2D eigenvalue weighted by molar-refractivity contribution is 7.99. The van der Waals surface area contributed by atoms with E-state index in [0.717, 1.165) is 41.9 Å². The summed E-state index contributed by atoms with van der Waals surface area (Å²) in [6.45, 7) is 4.06. The molecule has 0 heterocycles. The number of ketones is 1. The topological polar surface area (TPSA) is 102 Å². The van der Waals surface area contributed by atoms with E-state index in [1.807, 2.05) is 30.3 Å². The van der Waals surface area contributed by atoms with Gasteiger partial charge in [0.1, 0.15) is 12.4 Å². The van der Waals surface area contributed by atoms with Gasteiger partial charge >= 0.3 is 5.97 Å². The first kappa shape index (κ1) is 31.5. The number of aliphatic hydroxyl groups excluding tert-OH is 2. The van der Waals surface area contributed by atoms with Gasteiger partial charge < -0.3 is 24.4 Å². The Morgan fingerprint density at radius 2 is 2.00 bits per heavy atom. The number of esters is 1. The van der Waals surface area contributed by atoms with Crippen LogP contribution in [0.2, 0.25) is 0 Å². The molecule has 1 saturated carbocycles. The molecule has 1 aliphatic rings. The van der Waals surface area contributed by atoms with Gasteiger partial charge in [0.2, 0.25) is 0 Å². The smallest absolute Gasteiger partial charge is 0.305 e. The lowest BCUT2D eigenvalue weighted by molar-refractivity contribution is -0.145. The molecule has 208 valence electrons. The Balaban J connectivity index is 1.67. The van der Waals surface area contributed by atoms with Crippen LogP contribution in [0.3, 0.4) is 0 Å². The Bertz CT molecular complexity index is 828. The van der Waals surface area contributed by atoms with Crippen molar-refractivity contribution in [3.63, 3.8) is 0 Å². The van der Waals surface area contributed by atoms with E-state index in [-0.39, 0.29) is 30.0 Å². The summed E-state index contributed by atoms with van der Waals surface area (Å²) < 4.78 is 15.7. The van der Waals surface area contributed by atoms with E-state index in [1.54, 1.807) is 24.9 Å². The van der Waals surface area contributed by atoms with Crippen LogP contribution in [0.25, 0.3) is 0 Å². The summed E-state index contributed by atoms with van der Waals surface area (Å²) in [6.07, 6.45) is 6.60. The number of carbonyl (C=O) groups excluding carboxylic acids is 2. The molecule has 1 fully saturated rings. The van der Waals surface area contributed by atoms with Crippen LogP contribution in [-0.4, -0.2) is 72.6 Å². The first-order valence-electron chi connectivity index (χ1n) is 13.4. The first-order valence-corrected chi connectivity index (χ1v) is 14.5. The van der Waals surface area contributed by atoms with Gasteiger partial charge in [-0.2, -0.15) is 11.8 Å². The van der Waals surface area contributed by atoms with Crippen LogP contribution in [0.5, 0.6) is 0 Å². The number of Topliss-reactive ketones (excluding diaryl/α,β-unsaturated/α-hetero) is 1. The predicted octanol–water partition coefficient (Wildman–Crippen LogP) is 4.12. The maximum absolute atomic E-state index is 12.5. The molecule has 0 aromatic heterocycles. The number of unbranched alkanes of at least 4 members (excludes halogenated alkanes) is 1. The fraction of sp³-hybridized carbons (Fsp3) is 0.655. The van der Waals surface area contributed by atoms with Gasteiger partial charge in [0.05, 0.1) is 25.4 Å². The molecule has 0 bridgehead atoms. The van der Waals surface area contributed by atoms with E-state index >= 15 is 0 Å². The number of thioether (sulfide) groups is 1. The largest absolute Gasteiger partial charge is 0.463 e. The fourth-order valence-electron chi connectivity index (χ4n) is 4.44. The quantitative estimate of drug-likeness (QED) is 0.155. The van der Waals surface area contributed by atoms with Crippen LogP contribution in [0.4, 0.5) is 0 Å². The van der Waals surface area contributed by atoms with E-state index in [0.29, 0.717) is 45.7 Å². The average molecular weight is 537 g/mol. The molecular formula is C29H44O7S. The second-order valence-electron chi connectivity index (χ2n) is 9.52. The second-order valence-corrected chi connectivity index (χ2v) is 10.7. The number of aliphatic hydroxyl groups is 2. The summed E-state index contributed by atoms with van der Waals surface area (Å²) in [5.74, 6) is 0.943. The number of carbonyl (C=O) groups is 2. The molecule has 0 radical (unpaired) electrons. The van der Waals surface area contributed by atoms with Crippen molar-refractivity contribution in [3.05, 3.63) is 47.5 Å². The number of methoxy groups -OCH3 is 1. The monoisotopic (exact) mass is 536 g/mol. The van der Waals surface area contributed by atoms with Gasteiger partial charge in [-0.05, 0) is 41.9 Å². The summed E-state index contributed by atoms with van der Waals surface area (Å²) in [6, 6.07) is 7.90. The highest BCUT2D eigenvalue weighted by Crippen LogP contribution is 2.34. The zero-order valence-corrected chi connectivity index (χ0v) is 23.1. The molecule has 0 aliphatic heterocycles. The molecule has 37 heavy (non-hydrogen) atoms. The van der Waals surface area contributed by atoms with Gasteiger partial charge in [0.15, 0.2) is 0 Å². The van der Waals surface area contributed by atoms with Crippen molar-refractivity contribution in [2.75, 3.05) is 38.4 Å². The maximum Gasteiger partial charge on any atom is 0.305 e. The first-order chi connectivity index (χ1) is 17.9. The normalized spacial score (nSPS) is 20.5. The van der Waals surface area contributed by atoms with E-state index in [1.165, 1.54) is 0 Å². The molecular weight excluding hydrogens is 492 g/mol. The summed E-state index contributed by atoms with van der Waals surface area (Å²) >= 11 is 1.71. The van der Waals surface area contributed by atoms with Crippen LogP contribution in [0, 0.1) is 11.8 Å². The zero-order valence-electron chi connectivity index (χ0n) is 22.3. The minimum absolute atomic E-state index is 0.0780. The number of rotatable bonds is 19. The third kappa shape index (κ3) is 12.6. The third-order valence-electron chi connectivity index (χ3n) is 6.41. The molecule has 7 nitrogen and oxygen atoms in total.